The first-order valence-electron chi connectivity index (χ1n) is 7.36. The minimum absolute atomic E-state index is 0.00620. The van der Waals surface area contributed by atoms with E-state index in [0.29, 0.717) is 24.2 Å². The molecule has 1 saturated heterocycles. The van der Waals surface area contributed by atoms with Crippen molar-refractivity contribution >= 4 is 11.7 Å². The van der Waals surface area contributed by atoms with Gasteiger partial charge in [0, 0.05) is 18.2 Å². The molecule has 0 unspecified atom stereocenters. The summed E-state index contributed by atoms with van der Waals surface area (Å²) in [5.74, 6) is 1.28. The van der Waals surface area contributed by atoms with E-state index < -0.39 is 0 Å². The Labute approximate surface area is 120 Å². The predicted octanol–water partition coefficient (Wildman–Crippen LogP) is 2.63. The largest absolute Gasteiger partial charge is 0.375 e. The van der Waals surface area contributed by atoms with Gasteiger partial charge in [0.1, 0.15) is 11.6 Å². The van der Waals surface area contributed by atoms with Gasteiger partial charge in [0.15, 0.2) is 0 Å². The van der Waals surface area contributed by atoms with Gasteiger partial charge in [0.05, 0.1) is 12.2 Å². The summed E-state index contributed by atoms with van der Waals surface area (Å²) in [7, 11) is 0. The second-order valence-electron chi connectivity index (χ2n) is 5.38. The monoisotopic (exact) mass is 277 g/mol. The van der Waals surface area contributed by atoms with Gasteiger partial charge < -0.3 is 10.1 Å². The normalized spacial score (nSPS) is 21.9. The van der Waals surface area contributed by atoms with Crippen LogP contribution in [0.25, 0.3) is 0 Å². The minimum atomic E-state index is -0.00620. The predicted molar refractivity (Wildman–Crippen MR) is 77.6 cm³/mol. The lowest BCUT2D eigenvalue weighted by Crippen LogP contribution is -2.17. The van der Waals surface area contributed by atoms with Crippen molar-refractivity contribution in [1.29, 1.82) is 0 Å². The third-order valence-electron chi connectivity index (χ3n) is 3.53. The highest BCUT2D eigenvalue weighted by Crippen LogP contribution is 2.22. The van der Waals surface area contributed by atoms with E-state index >= 15 is 0 Å². The molecule has 20 heavy (non-hydrogen) atoms. The quantitative estimate of drug-likeness (QED) is 0.898. The standard InChI is InChI=1S/C15H23N3O2/c1-4-12-9-14(17-11(3)16-12)18-15(19)8-7-13-6-5-10(2)20-13/h9-10,13H,4-8H2,1-3H3,(H,16,17,18,19)/t10-,13+/m1/s1. The molecule has 0 saturated carbocycles. The Balaban J connectivity index is 1.83. The average molecular weight is 277 g/mol. The number of amides is 1. The van der Waals surface area contributed by atoms with E-state index in [1.54, 1.807) is 0 Å². The van der Waals surface area contributed by atoms with E-state index in [2.05, 4.69) is 22.2 Å². The van der Waals surface area contributed by atoms with Crippen LogP contribution < -0.4 is 5.32 Å². The van der Waals surface area contributed by atoms with Crippen molar-refractivity contribution in [2.24, 2.45) is 0 Å². The van der Waals surface area contributed by atoms with Crippen molar-refractivity contribution in [2.75, 3.05) is 5.32 Å². The minimum Gasteiger partial charge on any atom is -0.375 e. The summed E-state index contributed by atoms with van der Waals surface area (Å²) in [5, 5.41) is 2.85. The summed E-state index contributed by atoms with van der Waals surface area (Å²) in [6.07, 6.45) is 4.80. The molecule has 2 heterocycles. The fraction of sp³-hybridized carbons (Fsp3) is 0.667. The van der Waals surface area contributed by atoms with Gasteiger partial charge in [-0.2, -0.15) is 0 Å². The van der Waals surface area contributed by atoms with E-state index in [-0.39, 0.29) is 12.0 Å². The van der Waals surface area contributed by atoms with Gasteiger partial charge in [-0.05, 0) is 39.5 Å². The van der Waals surface area contributed by atoms with Gasteiger partial charge in [0.25, 0.3) is 0 Å². The lowest BCUT2D eigenvalue weighted by molar-refractivity contribution is -0.116. The molecule has 0 radical (unpaired) electrons. The second kappa shape index (κ2) is 6.79. The number of nitrogens with zero attached hydrogens (tertiary/aromatic N) is 2. The van der Waals surface area contributed by atoms with Crippen LogP contribution in [-0.4, -0.2) is 28.1 Å². The zero-order valence-corrected chi connectivity index (χ0v) is 12.5. The number of aromatic nitrogens is 2. The first-order chi connectivity index (χ1) is 9.56. The van der Waals surface area contributed by atoms with Crippen molar-refractivity contribution in [3.8, 4) is 0 Å². The number of anilines is 1. The number of aryl methyl sites for hydroxylation is 2. The zero-order valence-electron chi connectivity index (χ0n) is 12.5. The van der Waals surface area contributed by atoms with Crippen LogP contribution in [0.2, 0.25) is 0 Å². The highest BCUT2D eigenvalue weighted by molar-refractivity contribution is 5.89. The molecule has 0 aromatic carbocycles. The molecule has 1 amide bonds. The molecular formula is C15H23N3O2. The van der Waals surface area contributed by atoms with E-state index in [9.17, 15) is 4.79 Å². The fourth-order valence-corrected chi connectivity index (χ4v) is 2.47. The van der Waals surface area contributed by atoms with Crippen LogP contribution in [0.5, 0.6) is 0 Å². The molecule has 5 nitrogen and oxygen atoms in total. The first kappa shape index (κ1) is 14.9. The smallest absolute Gasteiger partial charge is 0.225 e. The number of ether oxygens (including phenoxy) is 1. The van der Waals surface area contributed by atoms with Crippen molar-refractivity contribution in [3.05, 3.63) is 17.6 Å². The van der Waals surface area contributed by atoms with Crippen LogP contribution in [-0.2, 0) is 16.0 Å². The SMILES string of the molecule is CCc1cc(NC(=O)CC[C@@H]2CC[C@@H](C)O2)nc(C)n1. The summed E-state index contributed by atoms with van der Waals surface area (Å²) in [5.41, 5.74) is 0.945. The van der Waals surface area contributed by atoms with E-state index in [1.807, 2.05) is 19.9 Å². The second-order valence-corrected chi connectivity index (χ2v) is 5.38. The molecule has 0 aliphatic carbocycles. The maximum Gasteiger partial charge on any atom is 0.225 e. The Hall–Kier alpha value is -1.49. The number of rotatable bonds is 5. The molecule has 5 heteroatoms. The Morgan fingerprint density at radius 3 is 2.90 bits per heavy atom. The fourth-order valence-electron chi connectivity index (χ4n) is 2.47. The van der Waals surface area contributed by atoms with E-state index in [0.717, 1.165) is 31.4 Å². The van der Waals surface area contributed by atoms with Crippen LogP contribution >= 0.6 is 0 Å². The maximum atomic E-state index is 11.9. The third-order valence-corrected chi connectivity index (χ3v) is 3.53. The Morgan fingerprint density at radius 1 is 1.45 bits per heavy atom. The van der Waals surface area contributed by atoms with Crippen LogP contribution in [0.4, 0.5) is 5.82 Å². The summed E-state index contributed by atoms with van der Waals surface area (Å²) in [6, 6.07) is 1.83. The molecule has 1 aliphatic rings. The molecule has 1 aromatic heterocycles. The highest BCUT2D eigenvalue weighted by Gasteiger charge is 2.22. The molecule has 1 aliphatic heterocycles. The lowest BCUT2D eigenvalue weighted by atomic mass is 10.1. The van der Waals surface area contributed by atoms with Gasteiger partial charge in [-0.25, -0.2) is 9.97 Å². The Kier molecular flexibility index (Phi) is 5.06. The summed E-state index contributed by atoms with van der Waals surface area (Å²) in [4.78, 5) is 20.5. The molecule has 110 valence electrons. The summed E-state index contributed by atoms with van der Waals surface area (Å²) in [6.45, 7) is 5.95. The Morgan fingerprint density at radius 2 is 2.25 bits per heavy atom. The van der Waals surface area contributed by atoms with E-state index in [1.165, 1.54) is 0 Å². The number of carbonyl (C=O) groups is 1. The molecule has 1 aromatic rings. The molecular weight excluding hydrogens is 254 g/mol. The summed E-state index contributed by atoms with van der Waals surface area (Å²) >= 11 is 0. The van der Waals surface area contributed by atoms with E-state index in [4.69, 9.17) is 4.74 Å². The van der Waals surface area contributed by atoms with Crippen molar-refractivity contribution < 1.29 is 9.53 Å². The van der Waals surface area contributed by atoms with Crippen LogP contribution in [0.1, 0.15) is 51.0 Å². The molecule has 0 spiro atoms. The number of carbonyl (C=O) groups excluding carboxylic acids is 1. The number of nitrogens with one attached hydrogen (secondary N) is 1. The van der Waals surface area contributed by atoms with Gasteiger partial charge in [-0.3, -0.25) is 4.79 Å². The number of hydrogen-bond acceptors (Lipinski definition) is 4. The van der Waals surface area contributed by atoms with Gasteiger partial charge in [0.2, 0.25) is 5.91 Å². The third kappa shape index (κ3) is 4.27. The van der Waals surface area contributed by atoms with Gasteiger partial charge in [-0.1, -0.05) is 6.92 Å². The zero-order chi connectivity index (χ0) is 14.5. The Bertz CT molecular complexity index is 476. The molecule has 1 fully saturated rings. The van der Waals surface area contributed by atoms with Gasteiger partial charge in [-0.15, -0.1) is 0 Å². The summed E-state index contributed by atoms with van der Waals surface area (Å²) < 4.78 is 5.71. The topological polar surface area (TPSA) is 64.1 Å². The molecule has 2 atom stereocenters. The maximum absolute atomic E-state index is 11.9. The van der Waals surface area contributed by atoms with Crippen molar-refractivity contribution in [1.82, 2.24) is 9.97 Å². The van der Waals surface area contributed by atoms with Crippen LogP contribution in [0.15, 0.2) is 6.07 Å². The van der Waals surface area contributed by atoms with Crippen molar-refractivity contribution in [3.63, 3.8) is 0 Å². The molecule has 0 bridgehead atoms. The van der Waals surface area contributed by atoms with Crippen LogP contribution in [0.3, 0.4) is 0 Å². The number of hydrogen-bond donors (Lipinski definition) is 1. The first-order valence-corrected chi connectivity index (χ1v) is 7.36. The average Bonchev–Trinajstić information content (AvgIpc) is 2.81. The molecule has 2 rings (SSSR count). The van der Waals surface area contributed by atoms with Crippen molar-refractivity contribution in [2.45, 2.75) is 65.1 Å². The van der Waals surface area contributed by atoms with Crippen LogP contribution in [0, 0.1) is 6.92 Å². The lowest BCUT2D eigenvalue weighted by Gasteiger charge is -2.11. The molecule has 1 N–H and O–H groups in total. The highest BCUT2D eigenvalue weighted by atomic mass is 16.5. The van der Waals surface area contributed by atoms with Gasteiger partial charge >= 0.3 is 0 Å².